The smallest absolute Gasteiger partial charge is 0.00236 e. The first-order valence-corrected chi connectivity index (χ1v) is 8.45. The number of unbranched alkanes of at least 4 members (excludes halogenated alkanes) is 3. The van der Waals surface area contributed by atoms with Gasteiger partial charge in [-0.05, 0) is 62.9 Å². The Morgan fingerprint density at radius 3 is 2.36 bits per heavy atom. The number of hydrogen-bond donors (Lipinski definition) is 0. The highest BCUT2D eigenvalue weighted by molar-refractivity contribution is 6.23. The summed E-state index contributed by atoms with van der Waals surface area (Å²) < 4.78 is 0. The fraction of sp³-hybridized carbons (Fsp3) is 0.273. The van der Waals surface area contributed by atoms with Crippen molar-refractivity contribution in [3.8, 4) is 0 Å². The Kier molecular flexibility index (Phi) is 3.46. The average Bonchev–Trinajstić information content (AvgIpc) is 2.57. The maximum absolute atomic E-state index is 3.55. The molecule has 0 saturated heterocycles. The summed E-state index contributed by atoms with van der Waals surface area (Å²) >= 11 is 0. The summed E-state index contributed by atoms with van der Waals surface area (Å²) in [5.41, 5.74) is 1.39. The van der Waals surface area contributed by atoms with Crippen molar-refractivity contribution in [1.29, 1.82) is 0 Å². The normalized spacial score (nSPS) is 11.9. The molecule has 22 heavy (non-hydrogen) atoms. The van der Waals surface area contributed by atoms with Crippen molar-refractivity contribution in [1.82, 2.24) is 0 Å². The van der Waals surface area contributed by atoms with E-state index in [0.29, 0.717) is 0 Å². The molecule has 0 unspecified atom stereocenters. The second kappa shape index (κ2) is 5.61. The highest BCUT2D eigenvalue weighted by Crippen LogP contribution is 2.36. The zero-order valence-electron chi connectivity index (χ0n) is 13.2. The van der Waals surface area contributed by atoms with Crippen LogP contribution in [0.3, 0.4) is 0 Å². The molecule has 4 aromatic rings. The molecule has 4 aromatic carbocycles. The SMILES string of the molecule is CCCCCCc1[c]cc2ccc3cccc4ccc1c2c34. The highest BCUT2D eigenvalue weighted by atomic mass is 14.1. The number of hydrogen-bond acceptors (Lipinski definition) is 0. The van der Waals surface area contributed by atoms with E-state index in [1.165, 1.54) is 63.6 Å². The third-order valence-corrected chi connectivity index (χ3v) is 4.82. The Morgan fingerprint density at radius 1 is 0.773 bits per heavy atom. The van der Waals surface area contributed by atoms with Crippen molar-refractivity contribution in [3.63, 3.8) is 0 Å². The third-order valence-electron chi connectivity index (χ3n) is 4.82. The Hall–Kier alpha value is -2.08. The van der Waals surface area contributed by atoms with E-state index in [9.17, 15) is 0 Å². The molecule has 0 aliphatic carbocycles. The van der Waals surface area contributed by atoms with Crippen molar-refractivity contribution < 1.29 is 0 Å². The first-order chi connectivity index (χ1) is 10.9. The summed E-state index contributed by atoms with van der Waals surface area (Å²) in [6, 6.07) is 21.4. The lowest BCUT2D eigenvalue weighted by Crippen LogP contribution is -1.91. The fourth-order valence-electron chi connectivity index (χ4n) is 3.66. The summed E-state index contributed by atoms with van der Waals surface area (Å²) in [4.78, 5) is 0. The molecule has 1 radical (unpaired) electrons. The maximum atomic E-state index is 3.55. The molecule has 109 valence electrons. The van der Waals surface area contributed by atoms with Crippen molar-refractivity contribution in [2.45, 2.75) is 39.0 Å². The molecular formula is C22H21. The first-order valence-electron chi connectivity index (χ1n) is 8.45. The molecule has 0 fully saturated rings. The number of aryl methyl sites for hydroxylation is 1. The van der Waals surface area contributed by atoms with Crippen LogP contribution in [0.4, 0.5) is 0 Å². The number of rotatable bonds is 5. The highest BCUT2D eigenvalue weighted by Gasteiger charge is 2.10. The van der Waals surface area contributed by atoms with Crippen LogP contribution in [0.15, 0.2) is 48.5 Å². The lowest BCUT2D eigenvalue weighted by Gasteiger charge is -2.13. The molecule has 0 nitrogen and oxygen atoms in total. The van der Waals surface area contributed by atoms with E-state index in [0.717, 1.165) is 6.42 Å². The van der Waals surface area contributed by atoms with E-state index in [-0.39, 0.29) is 0 Å². The Morgan fingerprint density at radius 2 is 1.55 bits per heavy atom. The summed E-state index contributed by atoms with van der Waals surface area (Å²) in [5.74, 6) is 0. The summed E-state index contributed by atoms with van der Waals surface area (Å²) in [5, 5.41) is 8.26. The van der Waals surface area contributed by atoms with Crippen LogP contribution < -0.4 is 0 Å². The quantitative estimate of drug-likeness (QED) is 0.290. The van der Waals surface area contributed by atoms with Crippen LogP contribution >= 0.6 is 0 Å². The van der Waals surface area contributed by atoms with Crippen LogP contribution in [0.1, 0.15) is 38.2 Å². The van der Waals surface area contributed by atoms with E-state index in [1.807, 2.05) is 0 Å². The molecule has 0 heteroatoms. The largest absolute Gasteiger partial charge is 0.0654 e. The van der Waals surface area contributed by atoms with E-state index in [2.05, 4.69) is 61.5 Å². The second-order valence-corrected chi connectivity index (χ2v) is 6.30. The van der Waals surface area contributed by atoms with Crippen LogP contribution in [0.2, 0.25) is 0 Å². The maximum Gasteiger partial charge on any atom is -0.00236 e. The summed E-state index contributed by atoms with van der Waals surface area (Å²) in [7, 11) is 0. The lowest BCUT2D eigenvalue weighted by molar-refractivity contribution is 0.668. The van der Waals surface area contributed by atoms with Gasteiger partial charge < -0.3 is 0 Å². The van der Waals surface area contributed by atoms with Crippen molar-refractivity contribution in [2.24, 2.45) is 0 Å². The third kappa shape index (κ3) is 2.14. The minimum Gasteiger partial charge on any atom is -0.0654 e. The van der Waals surface area contributed by atoms with Gasteiger partial charge in [-0.1, -0.05) is 68.7 Å². The summed E-state index contributed by atoms with van der Waals surface area (Å²) in [6.07, 6.45) is 6.38. The zero-order chi connectivity index (χ0) is 14.9. The van der Waals surface area contributed by atoms with Crippen LogP contribution in [0.5, 0.6) is 0 Å². The van der Waals surface area contributed by atoms with E-state index in [4.69, 9.17) is 0 Å². The molecule has 0 aromatic heterocycles. The van der Waals surface area contributed by atoms with Gasteiger partial charge in [0.25, 0.3) is 0 Å². The molecule has 0 atom stereocenters. The molecule has 0 aliphatic heterocycles. The van der Waals surface area contributed by atoms with Gasteiger partial charge in [0.05, 0.1) is 0 Å². The lowest BCUT2D eigenvalue weighted by atomic mass is 9.90. The molecule has 0 spiro atoms. The summed E-state index contributed by atoms with van der Waals surface area (Å²) in [6.45, 7) is 2.27. The Bertz CT molecular complexity index is 901. The van der Waals surface area contributed by atoms with Crippen LogP contribution in [-0.2, 0) is 6.42 Å². The molecule has 0 amide bonds. The van der Waals surface area contributed by atoms with Gasteiger partial charge in [-0.2, -0.15) is 0 Å². The van der Waals surface area contributed by atoms with Gasteiger partial charge in [0.1, 0.15) is 0 Å². The van der Waals surface area contributed by atoms with Gasteiger partial charge in [-0.3, -0.25) is 0 Å². The fourth-order valence-corrected chi connectivity index (χ4v) is 3.66. The predicted octanol–water partition coefficient (Wildman–Crippen LogP) is 6.51. The van der Waals surface area contributed by atoms with Gasteiger partial charge in [0, 0.05) is 0 Å². The topological polar surface area (TPSA) is 0 Å². The second-order valence-electron chi connectivity index (χ2n) is 6.30. The monoisotopic (exact) mass is 285 g/mol. The zero-order valence-corrected chi connectivity index (χ0v) is 13.2. The standard InChI is InChI=1S/C22H21/c1-2-3-4-5-7-16-10-11-19-13-12-17-8-6-9-18-14-15-20(16)22(19)21(17)18/h6,8-9,11-15H,2-5,7H2,1H3. The Balaban J connectivity index is 1.89. The molecular weight excluding hydrogens is 264 g/mol. The van der Waals surface area contributed by atoms with Gasteiger partial charge in [0.2, 0.25) is 0 Å². The molecule has 0 bridgehead atoms. The molecule has 4 rings (SSSR count). The van der Waals surface area contributed by atoms with Crippen molar-refractivity contribution in [2.75, 3.05) is 0 Å². The minimum absolute atomic E-state index is 1.15. The van der Waals surface area contributed by atoms with Crippen LogP contribution in [-0.4, -0.2) is 0 Å². The Labute approximate surface area is 132 Å². The van der Waals surface area contributed by atoms with E-state index >= 15 is 0 Å². The van der Waals surface area contributed by atoms with Crippen molar-refractivity contribution >= 4 is 32.3 Å². The number of benzene rings is 4. The molecule has 0 saturated carbocycles. The molecule has 0 N–H and O–H groups in total. The average molecular weight is 285 g/mol. The van der Waals surface area contributed by atoms with Crippen LogP contribution in [0.25, 0.3) is 32.3 Å². The van der Waals surface area contributed by atoms with E-state index < -0.39 is 0 Å². The van der Waals surface area contributed by atoms with Gasteiger partial charge in [0.15, 0.2) is 0 Å². The van der Waals surface area contributed by atoms with Gasteiger partial charge >= 0.3 is 0 Å². The van der Waals surface area contributed by atoms with Gasteiger partial charge in [-0.25, -0.2) is 0 Å². The van der Waals surface area contributed by atoms with Crippen LogP contribution in [0, 0.1) is 6.07 Å². The molecule has 0 heterocycles. The first kappa shape index (κ1) is 13.6. The van der Waals surface area contributed by atoms with Crippen molar-refractivity contribution in [3.05, 3.63) is 60.2 Å². The molecule has 0 aliphatic rings. The minimum atomic E-state index is 1.15. The predicted molar refractivity (Wildman–Crippen MR) is 96.8 cm³/mol. The van der Waals surface area contributed by atoms with E-state index in [1.54, 1.807) is 0 Å². The van der Waals surface area contributed by atoms with Gasteiger partial charge in [-0.15, -0.1) is 0 Å².